The second-order valence-corrected chi connectivity index (χ2v) is 5.12. The molecule has 0 aliphatic heterocycles. The van der Waals surface area contributed by atoms with Gasteiger partial charge in [-0.1, -0.05) is 6.07 Å². The van der Waals surface area contributed by atoms with E-state index in [1.807, 2.05) is 0 Å². The zero-order chi connectivity index (χ0) is 14.0. The van der Waals surface area contributed by atoms with Crippen molar-refractivity contribution in [3.63, 3.8) is 0 Å². The fourth-order valence-corrected chi connectivity index (χ4v) is 2.29. The highest BCUT2D eigenvalue weighted by molar-refractivity contribution is 5.95. The first kappa shape index (κ1) is 13.5. The first-order valence-corrected chi connectivity index (χ1v) is 6.22. The van der Waals surface area contributed by atoms with Crippen LogP contribution in [-0.4, -0.2) is 22.5 Å². The third kappa shape index (κ3) is 2.92. The third-order valence-corrected chi connectivity index (χ3v) is 3.61. The molecule has 0 bridgehead atoms. The van der Waals surface area contributed by atoms with Gasteiger partial charge in [-0.15, -0.1) is 0 Å². The van der Waals surface area contributed by atoms with E-state index in [1.54, 1.807) is 13.0 Å². The quantitative estimate of drug-likeness (QED) is 0.877. The highest BCUT2D eigenvalue weighted by Crippen LogP contribution is 2.35. The van der Waals surface area contributed by atoms with Gasteiger partial charge in [-0.05, 0) is 43.9 Å². The largest absolute Gasteiger partial charge is 0.481 e. The van der Waals surface area contributed by atoms with Crippen LogP contribution in [0.4, 0.5) is 4.39 Å². The normalized spacial score (nSPS) is 16.5. The number of halogens is 1. The van der Waals surface area contributed by atoms with Gasteiger partial charge >= 0.3 is 5.97 Å². The molecule has 2 rings (SSSR count). The molecule has 1 aromatic rings. The second-order valence-electron chi connectivity index (χ2n) is 5.12. The summed E-state index contributed by atoms with van der Waals surface area (Å²) in [6.07, 6.45) is 2.11. The van der Waals surface area contributed by atoms with Crippen molar-refractivity contribution in [3.8, 4) is 0 Å². The van der Waals surface area contributed by atoms with Crippen molar-refractivity contribution in [1.29, 1.82) is 0 Å². The van der Waals surface area contributed by atoms with E-state index < -0.39 is 23.2 Å². The molecule has 0 spiro atoms. The summed E-state index contributed by atoms with van der Waals surface area (Å²) in [5, 5.41) is 11.6. The fraction of sp³-hybridized carbons (Fsp3) is 0.429. The molecule has 0 atom stereocenters. The summed E-state index contributed by atoms with van der Waals surface area (Å²) in [4.78, 5) is 22.8. The van der Waals surface area contributed by atoms with Gasteiger partial charge < -0.3 is 10.4 Å². The zero-order valence-corrected chi connectivity index (χ0v) is 10.7. The Morgan fingerprint density at radius 3 is 2.58 bits per heavy atom. The van der Waals surface area contributed by atoms with Gasteiger partial charge in [0.2, 0.25) is 0 Å². The third-order valence-electron chi connectivity index (χ3n) is 3.61. The lowest BCUT2D eigenvalue weighted by molar-refractivity contribution is -0.139. The van der Waals surface area contributed by atoms with Crippen LogP contribution < -0.4 is 5.32 Å². The van der Waals surface area contributed by atoms with Crippen LogP contribution in [0.2, 0.25) is 0 Å². The molecule has 19 heavy (non-hydrogen) atoms. The summed E-state index contributed by atoms with van der Waals surface area (Å²) in [5.74, 6) is -1.79. The van der Waals surface area contributed by atoms with Crippen molar-refractivity contribution in [2.75, 3.05) is 0 Å². The summed E-state index contributed by atoms with van der Waals surface area (Å²) in [7, 11) is 0. The summed E-state index contributed by atoms with van der Waals surface area (Å²) < 4.78 is 13.4. The highest BCUT2D eigenvalue weighted by atomic mass is 19.1. The molecule has 0 radical (unpaired) electrons. The maximum Gasteiger partial charge on any atom is 0.305 e. The predicted octanol–water partition coefficient (Wildman–Crippen LogP) is 2.26. The van der Waals surface area contributed by atoms with Crippen LogP contribution in [0.1, 0.15) is 41.6 Å². The monoisotopic (exact) mass is 265 g/mol. The van der Waals surface area contributed by atoms with E-state index in [9.17, 15) is 14.0 Å². The van der Waals surface area contributed by atoms with Gasteiger partial charge in [-0.3, -0.25) is 9.59 Å². The van der Waals surface area contributed by atoms with Gasteiger partial charge in [0.15, 0.2) is 0 Å². The van der Waals surface area contributed by atoms with E-state index in [0.29, 0.717) is 18.4 Å². The Labute approximate surface area is 110 Å². The second kappa shape index (κ2) is 4.99. The Balaban J connectivity index is 2.11. The molecular formula is C14H16FNO3. The van der Waals surface area contributed by atoms with Gasteiger partial charge in [0.05, 0.1) is 12.0 Å². The lowest BCUT2D eigenvalue weighted by atomic mass is 9.74. The molecule has 1 fully saturated rings. The molecule has 0 heterocycles. The van der Waals surface area contributed by atoms with Crippen LogP contribution in [0, 0.1) is 12.7 Å². The van der Waals surface area contributed by atoms with E-state index in [-0.39, 0.29) is 12.0 Å². The Hall–Kier alpha value is -1.91. The van der Waals surface area contributed by atoms with Crippen molar-refractivity contribution >= 4 is 11.9 Å². The van der Waals surface area contributed by atoms with Crippen LogP contribution >= 0.6 is 0 Å². The minimum absolute atomic E-state index is 0.0902. The van der Waals surface area contributed by atoms with E-state index >= 15 is 0 Å². The molecule has 102 valence electrons. The smallest absolute Gasteiger partial charge is 0.305 e. The number of carbonyl (C=O) groups is 2. The number of carboxylic acid groups (broad SMARTS) is 1. The number of carbonyl (C=O) groups excluding carboxylic acids is 1. The number of carboxylic acids is 1. The average molecular weight is 265 g/mol. The molecule has 5 heteroatoms. The van der Waals surface area contributed by atoms with E-state index in [2.05, 4.69) is 5.32 Å². The topological polar surface area (TPSA) is 66.4 Å². The predicted molar refractivity (Wildman–Crippen MR) is 67.4 cm³/mol. The van der Waals surface area contributed by atoms with Crippen molar-refractivity contribution in [2.45, 2.75) is 38.1 Å². The molecule has 1 aliphatic rings. The van der Waals surface area contributed by atoms with Gasteiger partial charge in [0, 0.05) is 5.56 Å². The lowest BCUT2D eigenvalue weighted by Gasteiger charge is -2.41. The molecule has 1 aliphatic carbocycles. The number of hydrogen-bond donors (Lipinski definition) is 2. The number of benzene rings is 1. The summed E-state index contributed by atoms with van der Waals surface area (Å²) in [6.45, 7) is 1.62. The molecule has 4 nitrogen and oxygen atoms in total. The van der Waals surface area contributed by atoms with E-state index in [0.717, 1.165) is 6.42 Å². The minimum Gasteiger partial charge on any atom is -0.481 e. The summed E-state index contributed by atoms with van der Waals surface area (Å²) in [6, 6.07) is 4.26. The lowest BCUT2D eigenvalue weighted by Crippen LogP contribution is -2.54. The zero-order valence-electron chi connectivity index (χ0n) is 10.7. The van der Waals surface area contributed by atoms with Crippen molar-refractivity contribution in [1.82, 2.24) is 5.32 Å². The van der Waals surface area contributed by atoms with Crippen LogP contribution in [0.3, 0.4) is 0 Å². The SMILES string of the molecule is Cc1ccc(C(=O)NC2(CC(=O)O)CCC2)cc1F. The van der Waals surface area contributed by atoms with Crippen molar-refractivity contribution < 1.29 is 19.1 Å². The Morgan fingerprint density at radius 1 is 1.42 bits per heavy atom. The molecular weight excluding hydrogens is 249 g/mol. The molecule has 1 aromatic carbocycles. The molecule has 0 saturated heterocycles. The van der Waals surface area contributed by atoms with E-state index in [1.165, 1.54) is 12.1 Å². The molecule has 0 unspecified atom stereocenters. The molecule has 1 amide bonds. The Bertz CT molecular complexity index is 523. The van der Waals surface area contributed by atoms with Crippen LogP contribution in [-0.2, 0) is 4.79 Å². The molecule has 1 saturated carbocycles. The van der Waals surface area contributed by atoms with Crippen LogP contribution in [0.5, 0.6) is 0 Å². The van der Waals surface area contributed by atoms with Gasteiger partial charge in [0.1, 0.15) is 5.82 Å². The maximum atomic E-state index is 13.4. The van der Waals surface area contributed by atoms with Crippen LogP contribution in [0.25, 0.3) is 0 Å². The van der Waals surface area contributed by atoms with Gasteiger partial charge in [-0.2, -0.15) is 0 Å². The number of aryl methyl sites for hydroxylation is 1. The van der Waals surface area contributed by atoms with E-state index in [4.69, 9.17) is 5.11 Å². The standard InChI is InChI=1S/C14H16FNO3/c1-9-3-4-10(7-11(9)15)13(19)16-14(5-2-6-14)8-12(17)18/h3-4,7H,2,5-6,8H2,1H3,(H,16,19)(H,17,18). The van der Waals surface area contributed by atoms with Gasteiger partial charge in [0.25, 0.3) is 5.91 Å². The minimum atomic E-state index is -0.935. The Kier molecular flexibility index (Phi) is 3.55. The first-order valence-electron chi connectivity index (χ1n) is 6.22. The molecule has 0 aromatic heterocycles. The fourth-order valence-electron chi connectivity index (χ4n) is 2.29. The molecule has 2 N–H and O–H groups in total. The summed E-state index contributed by atoms with van der Waals surface area (Å²) in [5.41, 5.74) is 0.0322. The average Bonchev–Trinajstić information content (AvgIpc) is 2.29. The number of amides is 1. The summed E-state index contributed by atoms with van der Waals surface area (Å²) >= 11 is 0. The van der Waals surface area contributed by atoms with Crippen LogP contribution in [0.15, 0.2) is 18.2 Å². The number of nitrogens with one attached hydrogen (secondary N) is 1. The van der Waals surface area contributed by atoms with Crippen molar-refractivity contribution in [3.05, 3.63) is 35.1 Å². The van der Waals surface area contributed by atoms with Crippen molar-refractivity contribution in [2.24, 2.45) is 0 Å². The van der Waals surface area contributed by atoms with Gasteiger partial charge in [-0.25, -0.2) is 4.39 Å². The number of rotatable bonds is 4. The number of hydrogen-bond acceptors (Lipinski definition) is 2. The first-order chi connectivity index (χ1) is 8.92. The Morgan fingerprint density at radius 2 is 2.11 bits per heavy atom. The number of aliphatic carboxylic acids is 1. The maximum absolute atomic E-state index is 13.4. The highest BCUT2D eigenvalue weighted by Gasteiger charge is 2.40.